The van der Waals surface area contributed by atoms with Gasteiger partial charge in [0.1, 0.15) is 0 Å². The lowest BCUT2D eigenvalue weighted by Crippen LogP contribution is -2.25. The van der Waals surface area contributed by atoms with E-state index in [9.17, 15) is 5.11 Å². The Hall–Kier alpha value is -0.510. The molecule has 1 aromatic rings. The molecule has 0 aromatic heterocycles. The fourth-order valence-corrected chi connectivity index (χ4v) is 2.12. The molecule has 0 aliphatic rings. The van der Waals surface area contributed by atoms with E-state index >= 15 is 0 Å². The van der Waals surface area contributed by atoms with Crippen molar-refractivity contribution in [3.8, 4) is 0 Å². The average molecular weight is 211 g/mol. The van der Waals surface area contributed by atoms with Crippen LogP contribution in [0.5, 0.6) is 0 Å². The maximum absolute atomic E-state index is 9.44. The molecule has 0 aliphatic heterocycles. The fraction of sp³-hybridized carbons (Fsp3) is 0.455. The molecule has 14 heavy (non-hydrogen) atoms. The number of aliphatic hydroxyl groups excluding tert-OH is 1. The Morgan fingerprint density at radius 1 is 1.36 bits per heavy atom. The van der Waals surface area contributed by atoms with Crippen molar-refractivity contribution in [2.24, 2.45) is 0 Å². The zero-order valence-electron chi connectivity index (χ0n) is 8.44. The number of hydrogen-bond donors (Lipinski definition) is 2. The summed E-state index contributed by atoms with van der Waals surface area (Å²) in [6.45, 7) is 0.668. The summed E-state index contributed by atoms with van der Waals surface area (Å²) in [4.78, 5) is 0. The van der Waals surface area contributed by atoms with Crippen molar-refractivity contribution in [1.29, 1.82) is 0 Å². The normalized spacial score (nSPS) is 12.7. The van der Waals surface area contributed by atoms with Crippen LogP contribution in [0.3, 0.4) is 0 Å². The minimum absolute atomic E-state index is 0.242. The standard InChI is InChI=1S/C11H17NOS/c1-12-7-11(13)9-14-8-10-5-3-2-4-6-10/h2-6,11-13H,7-9H2,1H3. The predicted octanol–water partition coefficient (Wildman–Crippen LogP) is 1.50. The van der Waals surface area contributed by atoms with E-state index in [1.165, 1.54) is 5.56 Å². The van der Waals surface area contributed by atoms with Gasteiger partial charge < -0.3 is 10.4 Å². The molecule has 1 atom stereocenters. The smallest absolute Gasteiger partial charge is 0.0754 e. The van der Waals surface area contributed by atoms with Crippen LogP contribution in [0.1, 0.15) is 5.56 Å². The van der Waals surface area contributed by atoms with E-state index in [0.29, 0.717) is 6.54 Å². The molecule has 1 rings (SSSR count). The van der Waals surface area contributed by atoms with Gasteiger partial charge in [0.05, 0.1) is 6.10 Å². The largest absolute Gasteiger partial charge is 0.391 e. The van der Waals surface area contributed by atoms with Crippen LogP contribution in [-0.4, -0.2) is 30.6 Å². The van der Waals surface area contributed by atoms with Gasteiger partial charge in [-0.25, -0.2) is 0 Å². The van der Waals surface area contributed by atoms with Gasteiger partial charge in [-0.15, -0.1) is 0 Å². The second-order valence-corrected chi connectivity index (χ2v) is 4.24. The highest BCUT2D eigenvalue weighted by Gasteiger charge is 2.01. The highest BCUT2D eigenvalue weighted by molar-refractivity contribution is 7.98. The summed E-state index contributed by atoms with van der Waals surface area (Å²) >= 11 is 1.76. The predicted molar refractivity (Wildman–Crippen MR) is 62.5 cm³/mol. The maximum atomic E-state index is 9.44. The summed E-state index contributed by atoms with van der Waals surface area (Å²) < 4.78 is 0. The van der Waals surface area contributed by atoms with Crippen LogP contribution in [0.4, 0.5) is 0 Å². The summed E-state index contributed by atoms with van der Waals surface area (Å²) in [5, 5.41) is 12.4. The second-order valence-electron chi connectivity index (χ2n) is 3.21. The molecule has 0 fully saturated rings. The lowest BCUT2D eigenvalue weighted by molar-refractivity contribution is 0.199. The van der Waals surface area contributed by atoms with Crippen LogP contribution < -0.4 is 5.32 Å². The van der Waals surface area contributed by atoms with Gasteiger partial charge in [0.2, 0.25) is 0 Å². The molecule has 0 radical (unpaired) electrons. The Labute approximate surface area is 89.7 Å². The minimum atomic E-state index is -0.242. The quantitative estimate of drug-likeness (QED) is 0.748. The molecule has 0 bridgehead atoms. The van der Waals surface area contributed by atoms with Crippen LogP contribution >= 0.6 is 11.8 Å². The molecular formula is C11H17NOS. The van der Waals surface area contributed by atoms with E-state index in [4.69, 9.17) is 0 Å². The Morgan fingerprint density at radius 3 is 2.71 bits per heavy atom. The Morgan fingerprint density at radius 2 is 2.07 bits per heavy atom. The molecule has 1 unspecified atom stereocenters. The molecule has 3 heteroatoms. The summed E-state index contributed by atoms with van der Waals surface area (Å²) in [6, 6.07) is 10.3. The number of likely N-dealkylation sites (N-methyl/N-ethyl adjacent to an activating group) is 1. The molecule has 0 amide bonds. The van der Waals surface area contributed by atoms with Crippen LogP contribution in [0.2, 0.25) is 0 Å². The first-order chi connectivity index (χ1) is 6.83. The fourth-order valence-electron chi connectivity index (χ4n) is 1.18. The summed E-state index contributed by atoms with van der Waals surface area (Å²) in [6.07, 6.45) is -0.242. The molecular weight excluding hydrogens is 194 g/mol. The SMILES string of the molecule is CNCC(O)CSCc1ccccc1. The van der Waals surface area contributed by atoms with Gasteiger partial charge in [-0.3, -0.25) is 0 Å². The first-order valence-electron chi connectivity index (χ1n) is 4.77. The zero-order chi connectivity index (χ0) is 10.2. The van der Waals surface area contributed by atoms with Gasteiger partial charge in [-0.05, 0) is 12.6 Å². The van der Waals surface area contributed by atoms with E-state index in [1.54, 1.807) is 11.8 Å². The number of aliphatic hydroxyl groups is 1. The molecule has 0 saturated carbocycles. The first kappa shape index (κ1) is 11.6. The average Bonchev–Trinajstić information content (AvgIpc) is 2.20. The van der Waals surface area contributed by atoms with Gasteiger partial charge in [-0.1, -0.05) is 30.3 Å². The van der Waals surface area contributed by atoms with Crippen molar-refractivity contribution < 1.29 is 5.11 Å². The van der Waals surface area contributed by atoms with Gasteiger partial charge >= 0.3 is 0 Å². The number of benzene rings is 1. The van der Waals surface area contributed by atoms with E-state index < -0.39 is 0 Å². The third-order valence-electron chi connectivity index (χ3n) is 1.86. The first-order valence-corrected chi connectivity index (χ1v) is 5.92. The number of rotatable bonds is 6. The summed E-state index contributed by atoms with van der Waals surface area (Å²) in [5.41, 5.74) is 1.31. The minimum Gasteiger partial charge on any atom is -0.391 e. The number of hydrogen-bond acceptors (Lipinski definition) is 3. The summed E-state index contributed by atoms with van der Waals surface area (Å²) in [5.74, 6) is 1.76. The third-order valence-corrected chi connectivity index (χ3v) is 3.02. The van der Waals surface area contributed by atoms with E-state index in [1.807, 2.05) is 25.2 Å². The van der Waals surface area contributed by atoms with Crippen molar-refractivity contribution in [3.63, 3.8) is 0 Å². The molecule has 78 valence electrons. The topological polar surface area (TPSA) is 32.3 Å². The van der Waals surface area contributed by atoms with E-state index in [-0.39, 0.29) is 6.10 Å². The van der Waals surface area contributed by atoms with Crippen molar-refractivity contribution in [2.75, 3.05) is 19.3 Å². The Kier molecular flexibility index (Phi) is 5.68. The van der Waals surface area contributed by atoms with Gasteiger partial charge in [-0.2, -0.15) is 11.8 Å². The van der Waals surface area contributed by atoms with Gasteiger partial charge in [0.15, 0.2) is 0 Å². The third kappa shape index (κ3) is 4.65. The highest BCUT2D eigenvalue weighted by Crippen LogP contribution is 2.12. The molecule has 1 aromatic carbocycles. The van der Waals surface area contributed by atoms with E-state index in [2.05, 4.69) is 17.4 Å². The monoisotopic (exact) mass is 211 g/mol. The van der Waals surface area contributed by atoms with Crippen LogP contribution in [0.25, 0.3) is 0 Å². The number of thioether (sulfide) groups is 1. The van der Waals surface area contributed by atoms with Crippen molar-refractivity contribution in [2.45, 2.75) is 11.9 Å². The number of nitrogens with one attached hydrogen (secondary N) is 1. The summed E-state index contributed by atoms with van der Waals surface area (Å²) in [7, 11) is 1.85. The van der Waals surface area contributed by atoms with Crippen molar-refractivity contribution in [1.82, 2.24) is 5.32 Å². The molecule has 0 aliphatic carbocycles. The lowest BCUT2D eigenvalue weighted by Gasteiger charge is -2.08. The molecule has 2 nitrogen and oxygen atoms in total. The van der Waals surface area contributed by atoms with Gasteiger partial charge in [0.25, 0.3) is 0 Å². The van der Waals surface area contributed by atoms with Crippen molar-refractivity contribution >= 4 is 11.8 Å². The van der Waals surface area contributed by atoms with Crippen molar-refractivity contribution in [3.05, 3.63) is 35.9 Å². The lowest BCUT2D eigenvalue weighted by atomic mass is 10.2. The van der Waals surface area contributed by atoms with Crippen LogP contribution in [0, 0.1) is 0 Å². The Balaban J connectivity index is 2.16. The molecule has 0 saturated heterocycles. The molecule has 2 N–H and O–H groups in total. The second kappa shape index (κ2) is 6.87. The highest BCUT2D eigenvalue weighted by atomic mass is 32.2. The zero-order valence-corrected chi connectivity index (χ0v) is 9.26. The molecule has 0 heterocycles. The maximum Gasteiger partial charge on any atom is 0.0754 e. The Bertz CT molecular complexity index is 240. The van der Waals surface area contributed by atoms with Gasteiger partial charge in [0, 0.05) is 18.1 Å². The van der Waals surface area contributed by atoms with Crippen LogP contribution in [-0.2, 0) is 5.75 Å². The molecule has 0 spiro atoms. The van der Waals surface area contributed by atoms with Crippen LogP contribution in [0.15, 0.2) is 30.3 Å². The van der Waals surface area contributed by atoms with E-state index in [0.717, 1.165) is 11.5 Å².